The molecule has 0 saturated heterocycles. The second-order valence-electron chi connectivity index (χ2n) is 4.03. The number of hydrogen-bond donors (Lipinski definition) is 2. The van der Waals surface area contributed by atoms with Crippen LogP contribution in [0.1, 0.15) is 23.8 Å². The molecule has 6 nitrogen and oxygen atoms in total. The van der Waals surface area contributed by atoms with E-state index >= 15 is 0 Å². The monoisotopic (exact) mass is 280 g/mol. The summed E-state index contributed by atoms with van der Waals surface area (Å²) in [6, 6.07) is 4.80. The third kappa shape index (κ3) is 3.41. The van der Waals surface area contributed by atoms with Gasteiger partial charge in [0.1, 0.15) is 0 Å². The van der Waals surface area contributed by atoms with Crippen molar-refractivity contribution in [1.29, 1.82) is 0 Å². The van der Waals surface area contributed by atoms with Gasteiger partial charge in [0, 0.05) is 12.1 Å². The highest BCUT2D eigenvalue weighted by atomic mass is 32.1. The lowest BCUT2D eigenvalue weighted by Gasteiger charge is -2.09. The van der Waals surface area contributed by atoms with Crippen LogP contribution in [0.5, 0.6) is 0 Å². The Kier molecular flexibility index (Phi) is 3.96. The van der Waals surface area contributed by atoms with Crippen molar-refractivity contribution in [2.24, 2.45) is 0 Å². The number of rotatable bonds is 5. The van der Waals surface area contributed by atoms with Crippen LogP contribution in [0, 0.1) is 0 Å². The van der Waals surface area contributed by atoms with Crippen LogP contribution in [0.15, 0.2) is 28.1 Å². The van der Waals surface area contributed by atoms with Crippen LogP contribution in [0.2, 0.25) is 0 Å². The van der Waals surface area contributed by atoms with Crippen LogP contribution in [0.25, 0.3) is 10.6 Å². The van der Waals surface area contributed by atoms with Crippen molar-refractivity contribution in [2.45, 2.75) is 19.4 Å². The van der Waals surface area contributed by atoms with Crippen LogP contribution in [-0.2, 0) is 4.79 Å². The summed E-state index contributed by atoms with van der Waals surface area (Å²) in [6.07, 6.45) is -0.138. The van der Waals surface area contributed by atoms with Gasteiger partial charge in [-0.15, -0.1) is 11.3 Å². The first-order valence-corrected chi connectivity index (χ1v) is 6.47. The maximum atomic E-state index is 11.8. The molecule has 2 N–H and O–H groups in total. The minimum absolute atomic E-state index is 0.138. The van der Waals surface area contributed by atoms with Gasteiger partial charge >= 0.3 is 5.97 Å². The molecular formula is C12H12N2O4S. The van der Waals surface area contributed by atoms with E-state index in [0.717, 1.165) is 4.88 Å². The van der Waals surface area contributed by atoms with Gasteiger partial charge in [0.15, 0.2) is 11.5 Å². The summed E-state index contributed by atoms with van der Waals surface area (Å²) in [4.78, 5) is 23.2. The average Bonchev–Trinajstić information content (AvgIpc) is 2.99. The predicted molar refractivity (Wildman–Crippen MR) is 69.0 cm³/mol. The molecule has 0 aliphatic heterocycles. The predicted octanol–water partition coefficient (Wildman–Crippen LogP) is 2.00. The van der Waals surface area contributed by atoms with Crippen LogP contribution in [0.3, 0.4) is 0 Å². The van der Waals surface area contributed by atoms with Gasteiger partial charge in [0.05, 0.1) is 11.3 Å². The van der Waals surface area contributed by atoms with Crippen molar-refractivity contribution < 1.29 is 19.2 Å². The molecule has 1 atom stereocenters. The Hall–Kier alpha value is -2.15. The number of aromatic nitrogens is 1. The van der Waals surface area contributed by atoms with E-state index in [1.54, 1.807) is 6.92 Å². The highest BCUT2D eigenvalue weighted by molar-refractivity contribution is 7.13. The quantitative estimate of drug-likeness (QED) is 0.873. The van der Waals surface area contributed by atoms with Crippen molar-refractivity contribution in [3.8, 4) is 10.6 Å². The average molecular weight is 280 g/mol. The molecule has 0 aromatic carbocycles. The van der Waals surface area contributed by atoms with Gasteiger partial charge in [0.2, 0.25) is 0 Å². The van der Waals surface area contributed by atoms with Crippen molar-refractivity contribution in [3.63, 3.8) is 0 Å². The first-order valence-electron chi connectivity index (χ1n) is 5.59. The first kappa shape index (κ1) is 13.3. The summed E-state index contributed by atoms with van der Waals surface area (Å²) in [5.41, 5.74) is 0.139. The van der Waals surface area contributed by atoms with Gasteiger partial charge in [-0.1, -0.05) is 11.2 Å². The van der Waals surface area contributed by atoms with E-state index in [1.165, 1.54) is 17.4 Å². The highest BCUT2D eigenvalue weighted by Crippen LogP contribution is 2.25. The number of aliphatic carboxylic acids is 1. The van der Waals surface area contributed by atoms with Gasteiger partial charge in [0.25, 0.3) is 5.91 Å². The fourth-order valence-electron chi connectivity index (χ4n) is 1.53. The maximum Gasteiger partial charge on any atom is 0.305 e. The lowest BCUT2D eigenvalue weighted by atomic mass is 10.2. The molecule has 1 amide bonds. The van der Waals surface area contributed by atoms with Crippen LogP contribution >= 0.6 is 11.3 Å². The molecule has 0 aliphatic carbocycles. The largest absolute Gasteiger partial charge is 0.481 e. The van der Waals surface area contributed by atoms with Gasteiger partial charge < -0.3 is 14.9 Å². The van der Waals surface area contributed by atoms with E-state index in [0.29, 0.717) is 5.76 Å². The molecule has 0 bridgehead atoms. The Morgan fingerprint density at radius 1 is 1.58 bits per heavy atom. The van der Waals surface area contributed by atoms with Crippen molar-refractivity contribution in [1.82, 2.24) is 10.5 Å². The Bertz CT molecular complexity index is 576. The Labute approximate surface area is 113 Å². The second kappa shape index (κ2) is 5.66. The van der Waals surface area contributed by atoms with Gasteiger partial charge in [-0.05, 0) is 18.4 Å². The lowest BCUT2D eigenvalue weighted by Crippen LogP contribution is -2.34. The third-order valence-corrected chi connectivity index (χ3v) is 3.25. The van der Waals surface area contributed by atoms with Crippen LogP contribution in [-0.4, -0.2) is 28.2 Å². The summed E-state index contributed by atoms with van der Waals surface area (Å²) >= 11 is 1.48. The fourth-order valence-corrected chi connectivity index (χ4v) is 2.20. The lowest BCUT2D eigenvalue weighted by molar-refractivity contribution is -0.137. The Balaban J connectivity index is 2.02. The number of nitrogens with zero attached hydrogens (tertiary/aromatic N) is 1. The molecule has 0 spiro atoms. The Morgan fingerprint density at radius 3 is 3.00 bits per heavy atom. The van der Waals surface area contributed by atoms with E-state index in [9.17, 15) is 9.59 Å². The Morgan fingerprint density at radius 2 is 2.37 bits per heavy atom. The molecule has 2 aromatic rings. The van der Waals surface area contributed by atoms with Gasteiger partial charge in [-0.2, -0.15) is 0 Å². The van der Waals surface area contributed by atoms with E-state index < -0.39 is 17.9 Å². The first-order chi connectivity index (χ1) is 9.06. The third-order valence-electron chi connectivity index (χ3n) is 2.37. The molecule has 1 unspecified atom stereocenters. The van der Waals surface area contributed by atoms with Crippen molar-refractivity contribution in [2.75, 3.05) is 0 Å². The molecule has 0 saturated carbocycles. The van der Waals surface area contributed by atoms with E-state index in [4.69, 9.17) is 9.63 Å². The molecule has 100 valence electrons. The zero-order valence-electron chi connectivity index (χ0n) is 10.1. The zero-order valence-corrected chi connectivity index (χ0v) is 10.9. The summed E-state index contributed by atoms with van der Waals surface area (Å²) < 4.78 is 5.08. The molecule has 0 radical (unpaired) electrons. The number of nitrogens with one attached hydrogen (secondary N) is 1. The number of carboxylic acid groups (broad SMARTS) is 1. The number of carboxylic acids is 1. The molecule has 0 aliphatic rings. The zero-order chi connectivity index (χ0) is 13.8. The maximum absolute atomic E-state index is 11.8. The molecule has 2 rings (SSSR count). The summed E-state index contributed by atoms with van der Waals surface area (Å²) in [5, 5.41) is 16.7. The van der Waals surface area contributed by atoms with Crippen molar-refractivity contribution in [3.05, 3.63) is 29.3 Å². The number of hydrogen-bond acceptors (Lipinski definition) is 5. The normalized spacial score (nSPS) is 12.1. The molecule has 7 heteroatoms. The number of amides is 1. The summed E-state index contributed by atoms with van der Waals surface area (Å²) in [7, 11) is 0. The van der Waals surface area contributed by atoms with Crippen molar-refractivity contribution >= 4 is 23.2 Å². The second-order valence-corrected chi connectivity index (χ2v) is 4.97. The molecule has 0 fully saturated rings. The smallest absolute Gasteiger partial charge is 0.305 e. The molecule has 19 heavy (non-hydrogen) atoms. The van der Waals surface area contributed by atoms with Crippen LogP contribution < -0.4 is 5.32 Å². The van der Waals surface area contributed by atoms with Crippen LogP contribution in [0.4, 0.5) is 0 Å². The minimum atomic E-state index is -0.966. The van der Waals surface area contributed by atoms with E-state index in [2.05, 4.69) is 10.5 Å². The fraction of sp³-hybridized carbons (Fsp3) is 0.250. The molecular weight excluding hydrogens is 268 g/mol. The highest BCUT2D eigenvalue weighted by Gasteiger charge is 2.17. The number of carbonyl (C=O) groups excluding carboxylic acids is 1. The number of thiophene rings is 1. The standard InChI is InChI=1S/C12H12N2O4S/c1-7(5-11(15)16)13-12(17)8-6-9(18-14-8)10-3-2-4-19-10/h2-4,6-7H,5H2,1H3,(H,13,17)(H,15,16). The number of carbonyl (C=O) groups is 2. The van der Waals surface area contributed by atoms with E-state index in [-0.39, 0.29) is 12.1 Å². The minimum Gasteiger partial charge on any atom is -0.481 e. The summed E-state index contributed by atoms with van der Waals surface area (Å²) in [6.45, 7) is 1.62. The van der Waals surface area contributed by atoms with E-state index in [1.807, 2.05) is 17.5 Å². The molecule has 2 heterocycles. The topological polar surface area (TPSA) is 92.4 Å². The van der Waals surface area contributed by atoms with Gasteiger partial charge in [-0.25, -0.2) is 0 Å². The SMILES string of the molecule is CC(CC(=O)O)NC(=O)c1cc(-c2cccs2)on1. The van der Waals surface area contributed by atoms with Gasteiger partial charge in [-0.3, -0.25) is 9.59 Å². The summed E-state index contributed by atoms with van der Waals surface area (Å²) in [5.74, 6) is -0.890. The molecule has 2 aromatic heterocycles.